The maximum Gasteiger partial charge on any atom is 0.217 e. The zero-order chi connectivity index (χ0) is 110. The largest absolute Gasteiger partial charge is 0.394 e. The number of aliphatic hydroxyl groups excluding tert-OH is 39. The molecule has 13 saturated heterocycles. The Morgan fingerprint density at radius 1 is 0.173 bits per heavy atom. The molecule has 150 heavy (non-hydrogen) atoms. The molecule has 68 nitrogen and oxygen atoms in total. The topological polar surface area (TPSA) is 1080 Å². The lowest BCUT2D eigenvalue weighted by Gasteiger charge is -2.51. The lowest BCUT2D eigenvalue weighted by molar-refractivity contribution is -0.418. The maximum absolute atomic E-state index is 13.3. The van der Waals surface area contributed by atoms with Gasteiger partial charge in [-0.1, -0.05) is 0 Å². The fourth-order valence-electron chi connectivity index (χ4n) is 19.4. The fourth-order valence-corrected chi connectivity index (χ4v) is 19.4. The highest BCUT2D eigenvalue weighted by Crippen LogP contribution is 2.44. The third kappa shape index (κ3) is 26.2. The van der Waals surface area contributed by atoms with Crippen LogP contribution in [0.4, 0.5) is 0 Å². The number of hydrogen-bond acceptors (Lipinski definition) is 66. The van der Waals surface area contributed by atoms with E-state index in [4.69, 9.17) is 118 Å². The third-order valence-electron chi connectivity index (χ3n) is 28.0. The summed E-state index contributed by atoms with van der Waals surface area (Å²) >= 11 is 0. The Balaban J connectivity index is 0.863. The highest BCUT2D eigenvalue weighted by molar-refractivity contribution is 5.73. The summed E-state index contributed by atoms with van der Waals surface area (Å²) in [7, 11) is 0. The number of ether oxygens (including phenoxy) is 25. The Morgan fingerprint density at radius 3 is 0.660 bits per heavy atom. The first kappa shape index (κ1) is 123. The molecule has 13 rings (SSSR count). The normalized spacial score (nSPS) is 52.1. The molecule has 0 aromatic rings. The van der Waals surface area contributed by atoms with Gasteiger partial charge < -0.3 is 328 Å². The first-order chi connectivity index (χ1) is 71.1. The SMILES string of the molecule is CC(=O)N[C@H]1[C@H](O[C@H]2[C@H](O)[C@@H](NC(C)=O)C(O)O[C@@H]2CO)O[C@H](CO)[C@@H](O[C@@H]2O[C@H](CO[C@H]3O[C@H](CO[C@H]4O[C@H](CO)[C@@H](O)[C@H](O)[C@@H]4O[C@H]4O[C@H](CO)[C@@H](O)[C@H](O)[C@@H]4O)[C@@H](O)[C@H](O[C@H]4O[C@H](CO)[C@@H](O)[C@H](O)[C@@H]4O[C@H]4O[C@H](CO)[C@@H](O)[C@H](O)[C@@H]4O)[C@@H]3O)[C@@H](O)[C@H](O[C@H]3O[C@H](CO)[C@@H](O)[C@H](O)[C@@H]3O[C@H]3O[C@H](CO)[C@@H](O)[C@H](O)[C@@H]3O[C@H]3O[C@H](CO)[C@@H](O)[C@H](O)[C@@H]3O[C@H]3O[C@H](CO)[C@@H](O)[C@H](O)[C@@H]3O[C@H]3O[C@H](CO)[C@@H](O)[C@H](O)[C@@H]3O)[C@@H]2O)[C@@H]1O. The van der Waals surface area contributed by atoms with Gasteiger partial charge in [0.1, 0.15) is 317 Å². The predicted octanol–water partition coefficient (Wildman–Crippen LogP) is -29.0. The van der Waals surface area contributed by atoms with Crippen molar-refractivity contribution >= 4 is 11.8 Å². The van der Waals surface area contributed by atoms with Crippen molar-refractivity contribution in [3.05, 3.63) is 0 Å². The summed E-state index contributed by atoms with van der Waals surface area (Å²) in [5, 5.41) is 444. The van der Waals surface area contributed by atoms with Gasteiger partial charge in [-0.25, -0.2) is 0 Å². The molecule has 13 aliphatic rings. The number of hydrogen-bond donors (Lipinski definition) is 41. The van der Waals surface area contributed by atoms with Gasteiger partial charge in [-0.2, -0.15) is 0 Å². The molecule has 65 atom stereocenters. The zero-order valence-corrected chi connectivity index (χ0v) is 79.2. The second-order valence-electron chi connectivity index (χ2n) is 38.0. The molecular weight excluding hydrogens is 2070 g/mol. The number of amides is 2. The van der Waals surface area contributed by atoms with Crippen molar-refractivity contribution in [3.63, 3.8) is 0 Å². The van der Waals surface area contributed by atoms with Crippen molar-refractivity contribution in [2.24, 2.45) is 0 Å². The van der Waals surface area contributed by atoms with Gasteiger partial charge in [-0.15, -0.1) is 0 Å². The minimum atomic E-state index is -2.81. The molecule has 2 amide bonds. The molecule has 13 heterocycles. The molecule has 0 bridgehead atoms. The first-order valence-corrected chi connectivity index (χ1v) is 47.7. The molecule has 13 fully saturated rings. The Bertz CT molecular complexity index is 4070. The average molecular weight is 2210 g/mol. The quantitative estimate of drug-likeness (QED) is 0.0272. The lowest BCUT2D eigenvalue weighted by atomic mass is 9.94. The van der Waals surface area contributed by atoms with E-state index in [1.54, 1.807) is 0 Å². The van der Waals surface area contributed by atoms with Crippen molar-refractivity contribution in [2.75, 3.05) is 85.9 Å². The number of rotatable bonds is 39. The van der Waals surface area contributed by atoms with E-state index < -0.39 is 497 Å². The molecule has 0 aromatic carbocycles. The molecule has 0 aliphatic carbocycles. The standard InChI is InChI=1S/C82H138N2O66/c1-16(96)83-31-44(109)60(27(12-94)128-70(31)125)141-71-32(84-17(2)97)45(110)61(28(13-95)138-71)142-76-59(124)63(144-79-67(52(117)39(104)23(8-90)134-79)148-81-69(54(119)41(106)25(10-92)136-81)150-82-68(53(118)40(105)26(11-93)137-82)149-80-66(51(116)38(103)24(9-91)135-80)147-75-57(122)48(113)35(100)20(5-87)131-75)43(108)30(140-76)14-126-72-58(123)62(143-78-65(50(115)37(102)22(7-89)133-78)146-74-56(121)47(112)34(99)19(4-86)130-74)42(107)29(139-72)15-127-77-64(49(114)36(101)21(6-88)132-77)145-73-55(120)46(111)33(98)18(3-85)129-73/h18-82,85-95,98-125H,3-15H2,1-2H3,(H,83,96)(H,84,97)/t18-,19-,20-,21-,22-,23-,24-,25-,26-,27-,28-,29-,30-,31-,32-,33-,34-,35-,36-,37-,38-,39-,40-,41-,42-,43-,44-,45-,46+,47+,48+,49+,50+,51+,52+,53+,54+,55+,56+,57+,58+,59+,60-,61-,62+,63+,64+,65+,66+,67+,68+,69+,70?,71+,72+,73-,74-,75-,76+,77+,78-,79-,80-,81-,82-/m1/s1. The van der Waals surface area contributed by atoms with Gasteiger partial charge in [0.15, 0.2) is 81.8 Å². The van der Waals surface area contributed by atoms with Gasteiger partial charge in [0.05, 0.1) is 85.9 Å². The van der Waals surface area contributed by atoms with Crippen LogP contribution in [0, 0.1) is 0 Å². The van der Waals surface area contributed by atoms with Crippen LogP contribution in [0.15, 0.2) is 0 Å². The van der Waals surface area contributed by atoms with E-state index in [9.17, 15) is 209 Å². The lowest BCUT2D eigenvalue weighted by Crippen LogP contribution is -2.70. The summed E-state index contributed by atoms with van der Waals surface area (Å²) in [5.41, 5.74) is 0. The fraction of sp³-hybridized carbons (Fsp3) is 0.976. The molecule has 0 saturated carbocycles. The number of aliphatic hydroxyl groups is 39. The van der Waals surface area contributed by atoms with Crippen molar-refractivity contribution in [3.8, 4) is 0 Å². The van der Waals surface area contributed by atoms with E-state index >= 15 is 0 Å². The summed E-state index contributed by atoms with van der Waals surface area (Å²) in [6.45, 7) is -14.0. The number of nitrogens with one attached hydrogen (secondary N) is 2. The molecule has 0 spiro atoms. The van der Waals surface area contributed by atoms with Crippen LogP contribution in [-0.4, -0.2) is 696 Å². The van der Waals surface area contributed by atoms with E-state index in [2.05, 4.69) is 10.6 Å². The van der Waals surface area contributed by atoms with Crippen LogP contribution in [0.2, 0.25) is 0 Å². The van der Waals surface area contributed by atoms with Crippen LogP contribution in [0.5, 0.6) is 0 Å². The second kappa shape index (κ2) is 53.8. The molecular formula is C82H138N2O66. The number of carbonyl (C=O) groups excluding carboxylic acids is 2. The molecule has 872 valence electrons. The Labute approximate surface area is 845 Å². The van der Waals surface area contributed by atoms with Gasteiger partial charge in [-0.05, 0) is 0 Å². The van der Waals surface area contributed by atoms with E-state index in [-0.39, 0.29) is 0 Å². The highest BCUT2D eigenvalue weighted by Gasteiger charge is 2.65. The van der Waals surface area contributed by atoms with Crippen LogP contribution in [0.3, 0.4) is 0 Å². The monoisotopic (exact) mass is 2210 g/mol. The van der Waals surface area contributed by atoms with Crippen molar-refractivity contribution in [1.82, 2.24) is 10.6 Å². The third-order valence-corrected chi connectivity index (χ3v) is 28.0. The minimum Gasteiger partial charge on any atom is -0.394 e. The van der Waals surface area contributed by atoms with E-state index in [1.165, 1.54) is 0 Å². The molecule has 13 aliphatic heterocycles. The summed E-state index contributed by atoms with van der Waals surface area (Å²) in [6.07, 6.45) is -144. The Kier molecular flexibility index (Phi) is 44.2. The predicted molar refractivity (Wildman–Crippen MR) is 451 cm³/mol. The number of carbonyl (C=O) groups is 2. The van der Waals surface area contributed by atoms with Crippen LogP contribution >= 0.6 is 0 Å². The van der Waals surface area contributed by atoms with Gasteiger partial charge in [-0.3, -0.25) is 9.59 Å². The van der Waals surface area contributed by atoms with Gasteiger partial charge in [0.25, 0.3) is 0 Å². The van der Waals surface area contributed by atoms with Crippen molar-refractivity contribution in [2.45, 2.75) is 413 Å². The molecule has 0 radical (unpaired) electrons. The van der Waals surface area contributed by atoms with Crippen LogP contribution < -0.4 is 10.6 Å². The van der Waals surface area contributed by atoms with Crippen LogP contribution in [-0.2, 0) is 128 Å². The van der Waals surface area contributed by atoms with Gasteiger partial charge in [0.2, 0.25) is 11.8 Å². The summed E-state index contributed by atoms with van der Waals surface area (Å²) in [5.74, 6) is -1.90. The first-order valence-electron chi connectivity index (χ1n) is 47.7. The van der Waals surface area contributed by atoms with E-state index in [0.717, 1.165) is 13.8 Å². The summed E-state index contributed by atoms with van der Waals surface area (Å²) in [6, 6.07) is -3.83. The second-order valence-corrected chi connectivity index (χ2v) is 38.0. The summed E-state index contributed by atoms with van der Waals surface area (Å²) < 4.78 is 148. The summed E-state index contributed by atoms with van der Waals surface area (Å²) in [4.78, 5) is 25.6. The zero-order valence-electron chi connectivity index (χ0n) is 79.2. The van der Waals surface area contributed by atoms with E-state index in [1.807, 2.05) is 0 Å². The van der Waals surface area contributed by atoms with Gasteiger partial charge >= 0.3 is 0 Å². The van der Waals surface area contributed by atoms with Crippen molar-refractivity contribution < 1.29 is 327 Å². The Hall–Kier alpha value is -3.62. The molecule has 1 unspecified atom stereocenters. The van der Waals surface area contributed by atoms with Crippen LogP contribution in [0.25, 0.3) is 0 Å². The maximum atomic E-state index is 13.3. The molecule has 41 N–H and O–H groups in total. The average Bonchev–Trinajstić information content (AvgIpc) is 0.761. The van der Waals surface area contributed by atoms with Crippen LogP contribution in [0.1, 0.15) is 13.8 Å². The van der Waals surface area contributed by atoms with Gasteiger partial charge in [0, 0.05) is 13.8 Å². The Morgan fingerprint density at radius 2 is 0.367 bits per heavy atom. The van der Waals surface area contributed by atoms with Crippen molar-refractivity contribution in [1.29, 1.82) is 0 Å². The smallest absolute Gasteiger partial charge is 0.217 e. The highest BCUT2D eigenvalue weighted by atomic mass is 16.8. The minimum absolute atomic E-state index is 0.856. The molecule has 68 heteroatoms. The molecule has 0 aromatic heterocycles. The van der Waals surface area contributed by atoms with E-state index in [0.29, 0.717) is 0 Å².